The van der Waals surface area contributed by atoms with Gasteiger partial charge in [-0.05, 0) is 44.1 Å². The fourth-order valence-electron chi connectivity index (χ4n) is 3.69. The highest BCUT2D eigenvalue weighted by molar-refractivity contribution is 9.09. The third kappa shape index (κ3) is 3.01. The average Bonchev–Trinajstić information content (AvgIpc) is 2.72. The SMILES string of the molecule is CCCC(CBr)CN1CCC2CCCCC21. The zero-order valence-electron chi connectivity index (χ0n) is 10.6. The van der Waals surface area contributed by atoms with Crippen LogP contribution in [0.2, 0.25) is 0 Å². The highest BCUT2D eigenvalue weighted by atomic mass is 79.9. The predicted molar refractivity (Wildman–Crippen MR) is 74.1 cm³/mol. The van der Waals surface area contributed by atoms with Crippen molar-refractivity contribution < 1.29 is 0 Å². The molecule has 0 amide bonds. The van der Waals surface area contributed by atoms with Crippen molar-refractivity contribution in [2.24, 2.45) is 11.8 Å². The monoisotopic (exact) mass is 287 g/mol. The summed E-state index contributed by atoms with van der Waals surface area (Å²) in [6.07, 6.45) is 10.2. The minimum absolute atomic E-state index is 0.880. The fourth-order valence-corrected chi connectivity index (χ4v) is 4.22. The second-order valence-electron chi connectivity index (χ2n) is 5.70. The van der Waals surface area contributed by atoms with Gasteiger partial charge in [-0.2, -0.15) is 0 Å². The molecule has 0 spiro atoms. The topological polar surface area (TPSA) is 3.24 Å². The van der Waals surface area contributed by atoms with Gasteiger partial charge in [0.15, 0.2) is 0 Å². The molecule has 3 unspecified atom stereocenters. The number of halogens is 1. The summed E-state index contributed by atoms with van der Waals surface area (Å²) >= 11 is 3.69. The average molecular weight is 288 g/mol. The van der Waals surface area contributed by atoms with Crippen LogP contribution in [0.1, 0.15) is 51.9 Å². The Bertz CT molecular complexity index is 207. The maximum absolute atomic E-state index is 3.69. The lowest BCUT2D eigenvalue weighted by molar-refractivity contribution is 0.162. The molecule has 0 radical (unpaired) electrons. The lowest BCUT2D eigenvalue weighted by Gasteiger charge is -2.33. The van der Waals surface area contributed by atoms with E-state index in [0.29, 0.717) is 0 Å². The summed E-state index contributed by atoms with van der Waals surface area (Å²) < 4.78 is 0. The molecule has 1 nitrogen and oxygen atoms in total. The Morgan fingerprint density at radius 3 is 2.81 bits per heavy atom. The summed E-state index contributed by atoms with van der Waals surface area (Å²) in [6, 6.07) is 0.951. The Kier molecular flexibility index (Phi) is 5.15. The summed E-state index contributed by atoms with van der Waals surface area (Å²) in [5.41, 5.74) is 0. The van der Waals surface area contributed by atoms with Crippen LogP contribution in [-0.4, -0.2) is 29.4 Å². The van der Waals surface area contributed by atoms with Gasteiger partial charge in [0.1, 0.15) is 0 Å². The number of nitrogens with zero attached hydrogens (tertiary/aromatic N) is 1. The summed E-state index contributed by atoms with van der Waals surface area (Å²) in [4.78, 5) is 2.81. The molecule has 1 aliphatic carbocycles. The largest absolute Gasteiger partial charge is 0.300 e. The van der Waals surface area contributed by atoms with Gasteiger partial charge in [-0.1, -0.05) is 42.1 Å². The van der Waals surface area contributed by atoms with E-state index in [0.717, 1.165) is 17.9 Å². The molecule has 2 rings (SSSR count). The number of hydrogen-bond acceptors (Lipinski definition) is 1. The van der Waals surface area contributed by atoms with Crippen LogP contribution in [0.4, 0.5) is 0 Å². The molecule has 1 saturated carbocycles. The molecule has 3 atom stereocenters. The summed E-state index contributed by atoms with van der Waals surface area (Å²) in [5.74, 6) is 1.93. The fraction of sp³-hybridized carbons (Fsp3) is 1.00. The first-order valence-corrected chi connectivity index (χ1v) is 8.27. The van der Waals surface area contributed by atoms with Crippen LogP contribution < -0.4 is 0 Å². The van der Waals surface area contributed by atoms with Crippen LogP contribution >= 0.6 is 15.9 Å². The molecule has 2 aliphatic rings. The van der Waals surface area contributed by atoms with Crippen LogP contribution in [0.25, 0.3) is 0 Å². The van der Waals surface area contributed by atoms with E-state index in [1.54, 1.807) is 0 Å². The van der Waals surface area contributed by atoms with Gasteiger partial charge in [0.05, 0.1) is 0 Å². The molecule has 1 saturated heterocycles. The zero-order valence-corrected chi connectivity index (χ0v) is 12.2. The minimum atomic E-state index is 0.880. The molecule has 94 valence electrons. The number of fused-ring (bicyclic) bond motifs is 1. The highest BCUT2D eigenvalue weighted by Gasteiger charge is 2.35. The van der Waals surface area contributed by atoms with Crippen molar-refractivity contribution in [3.05, 3.63) is 0 Å². The molecule has 2 fully saturated rings. The van der Waals surface area contributed by atoms with Gasteiger partial charge >= 0.3 is 0 Å². The molecular weight excluding hydrogens is 262 g/mol. The van der Waals surface area contributed by atoms with E-state index in [2.05, 4.69) is 27.8 Å². The third-order valence-electron chi connectivity index (χ3n) is 4.53. The second kappa shape index (κ2) is 6.39. The highest BCUT2D eigenvalue weighted by Crippen LogP contribution is 2.36. The molecule has 0 aromatic carbocycles. The summed E-state index contributed by atoms with van der Waals surface area (Å²) in [6.45, 7) is 5.03. The van der Waals surface area contributed by atoms with Crippen molar-refractivity contribution >= 4 is 15.9 Å². The Labute approximate surface area is 109 Å². The normalized spacial score (nSPS) is 32.6. The summed E-state index contributed by atoms with van der Waals surface area (Å²) in [7, 11) is 0. The van der Waals surface area contributed by atoms with Gasteiger partial charge in [0, 0.05) is 17.9 Å². The Morgan fingerprint density at radius 1 is 1.25 bits per heavy atom. The lowest BCUT2D eigenvalue weighted by Crippen LogP contribution is -2.38. The lowest BCUT2D eigenvalue weighted by atomic mass is 9.85. The quantitative estimate of drug-likeness (QED) is 0.689. The van der Waals surface area contributed by atoms with Gasteiger partial charge in [0.25, 0.3) is 0 Å². The molecule has 1 heterocycles. The van der Waals surface area contributed by atoms with Gasteiger partial charge < -0.3 is 0 Å². The number of hydrogen-bond donors (Lipinski definition) is 0. The van der Waals surface area contributed by atoms with Crippen molar-refractivity contribution in [3.8, 4) is 0 Å². The number of rotatable bonds is 5. The first-order valence-electron chi connectivity index (χ1n) is 7.15. The smallest absolute Gasteiger partial charge is 0.0124 e. The van der Waals surface area contributed by atoms with Gasteiger partial charge in [-0.3, -0.25) is 4.90 Å². The second-order valence-corrected chi connectivity index (χ2v) is 6.35. The van der Waals surface area contributed by atoms with Crippen LogP contribution in [0.5, 0.6) is 0 Å². The first-order chi connectivity index (χ1) is 7.85. The van der Waals surface area contributed by atoms with Gasteiger partial charge in [0.2, 0.25) is 0 Å². The van der Waals surface area contributed by atoms with Crippen LogP contribution in [0, 0.1) is 11.8 Å². The van der Waals surface area contributed by atoms with Crippen molar-refractivity contribution in [1.29, 1.82) is 0 Å². The van der Waals surface area contributed by atoms with Crippen LogP contribution in [-0.2, 0) is 0 Å². The Balaban J connectivity index is 1.84. The van der Waals surface area contributed by atoms with E-state index in [1.807, 2.05) is 0 Å². The van der Waals surface area contributed by atoms with Gasteiger partial charge in [-0.25, -0.2) is 0 Å². The van der Waals surface area contributed by atoms with Crippen LogP contribution in [0.3, 0.4) is 0 Å². The predicted octanol–water partition coefficient (Wildman–Crippen LogP) is 4.06. The molecule has 0 aromatic heterocycles. The maximum Gasteiger partial charge on any atom is 0.0124 e. The molecule has 0 aromatic rings. The van der Waals surface area contributed by atoms with E-state index in [4.69, 9.17) is 0 Å². The van der Waals surface area contributed by atoms with Crippen molar-refractivity contribution in [1.82, 2.24) is 4.90 Å². The van der Waals surface area contributed by atoms with E-state index in [9.17, 15) is 0 Å². The van der Waals surface area contributed by atoms with Crippen molar-refractivity contribution in [3.63, 3.8) is 0 Å². The molecule has 0 N–H and O–H groups in total. The zero-order chi connectivity index (χ0) is 11.4. The Hall–Kier alpha value is 0.440. The maximum atomic E-state index is 3.69. The van der Waals surface area contributed by atoms with Crippen LogP contribution in [0.15, 0.2) is 0 Å². The van der Waals surface area contributed by atoms with E-state index in [-0.39, 0.29) is 0 Å². The molecule has 2 heteroatoms. The van der Waals surface area contributed by atoms with Crippen molar-refractivity contribution in [2.75, 3.05) is 18.4 Å². The first kappa shape index (κ1) is 12.9. The Morgan fingerprint density at radius 2 is 2.06 bits per heavy atom. The molecule has 1 aliphatic heterocycles. The third-order valence-corrected chi connectivity index (χ3v) is 5.45. The standard InChI is InChI=1S/C14H26BrN/c1-2-5-12(10-15)11-16-9-8-13-6-3-4-7-14(13)16/h12-14H,2-11H2,1H3. The number of alkyl halides is 1. The van der Waals surface area contributed by atoms with E-state index in [1.165, 1.54) is 63.4 Å². The molecule has 16 heavy (non-hydrogen) atoms. The number of likely N-dealkylation sites (tertiary alicyclic amines) is 1. The molecular formula is C14H26BrN. The molecule has 0 bridgehead atoms. The van der Waals surface area contributed by atoms with E-state index >= 15 is 0 Å². The summed E-state index contributed by atoms with van der Waals surface area (Å²) in [5, 5.41) is 1.19. The van der Waals surface area contributed by atoms with Crippen molar-refractivity contribution in [2.45, 2.75) is 57.9 Å². The van der Waals surface area contributed by atoms with E-state index < -0.39 is 0 Å². The van der Waals surface area contributed by atoms with Gasteiger partial charge in [-0.15, -0.1) is 0 Å². The minimum Gasteiger partial charge on any atom is -0.300 e.